The van der Waals surface area contributed by atoms with Gasteiger partial charge in [0.2, 0.25) is 5.91 Å². The van der Waals surface area contributed by atoms with Gasteiger partial charge in [0.25, 0.3) is 10.0 Å². The fourth-order valence-electron chi connectivity index (χ4n) is 3.68. The van der Waals surface area contributed by atoms with Crippen molar-refractivity contribution in [2.24, 2.45) is 13.0 Å². The Kier molecular flexibility index (Phi) is 5.63. The Hall–Kier alpha value is -3.05. The molecular weight excluding hydrogens is 418 g/mol. The normalized spacial score (nSPS) is 15.8. The molecule has 3 aromatic rings. The van der Waals surface area contributed by atoms with Crippen molar-refractivity contribution in [3.8, 4) is 11.3 Å². The van der Waals surface area contributed by atoms with E-state index in [-0.39, 0.29) is 29.9 Å². The molecule has 0 unspecified atom stereocenters. The van der Waals surface area contributed by atoms with Gasteiger partial charge < -0.3 is 9.88 Å². The SMILES string of the molecule is Cc1c(NC(=O)C2CCN(S(=O)(=O)c3cn(C)c(C)n3)CC2)n[nH]c1-c1ccncc1. The minimum atomic E-state index is -3.66. The molecule has 164 valence electrons. The Morgan fingerprint density at radius 2 is 1.87 bits per heavy atom. The smallest absolute Gasteiger partial charge is 0.262 e. The molecule has 1 aliphatic heterocycles. The Bertz CT molecular complexity index is 1170. The average Bonchev–Trinajstić information content (AvgIpc) is 3.31. The Balaban J connectivity index is 1.39. The highest BCUT2D eigenvalue weighted by Gasteiger charge is 2.34. The number of sulfonamides is 1. The van der Waals surface area contributed by atoms with E-state index in [4.69, 9.17) is 0 Å². The van der Waals surface area contributed by atoms with Crippen molar-refractivity contribution in [2.75, 3.05) is 18.4 Å². The fourth-order valence-corrected chi connectivity index (χ4v) is 5.17. The summed E-state index contributed by atoms with van der Waals surface area (Å²) in [6.07, 6.45) is 5.79. The summed E-state index contributed by atoms with van der Waals surface area (Å²) in [5, 5.41) is 10.1. The summed E-state index contributed by atoms with van der Waals surface area (Å²) in [7, 11) is -1.90. The molecule has 11 heteroatoms. The molecule has 0 spiro atoms. The van der Waals surface area contributed by atoms with Crippen molar-refractivity contribution in [1.29, 1.82) is 0 Å². The predicted octanol–water partition coefficient (Wildman–Crippen LogP) is 1.86. The molecule has 3 aromatic heterocycles. The van der Waals surface area contributed by atoms with Crippen LogP contribution in [0.3, 0.4) is 0 Å². The first kappa shape index (κ1) is 21.2. The molecule has 1 aliphatic rings. The number of nitrogens with one attached hydrogen (secondary N) is 2. The predicted molar refractivity (Wildman–Crippen MR) is 115 cm³/mol. The second kappa shape index (κ2) is 8.23. The van der Waals surface area contributed by atoms with E-state index in [0.29, 0.717) is 24.5 Å². The number of rotatable bonds is 5. The van der Waals surface area contributed by atoms with Gasteiger partial charge in [-0.2, -0.15) is 9.40 Å². The number of H-pyrrole nitrogens is 1. The molecule has 1 saturated heterocycles. The van der Waals surface area contributed by atoms with Crippen LogP contribution in [0.5, 0.6) is 0 Å². The van der Waals surface area contributed by atoms with Crippen molar-refractivity contribution in [3.05, 3.63) is 42.1 Å². The van der Waals surface area contributed by atoms with Crippen LogP contribution in [0.1, 0.15) is 24.2 Å². The molecule has 1 fully saturated rings. The van der Waals surface area contributed by atoms with Gasteiger partial charge in [-0.1, -0.05) is 0 Å². The second-order valence-corrected chi connectivity index (χ2v) is 9.60. The largest absolute Gasteiger partial charge is 0.337 e. The van der Waals surface area contributed by atoms with E-state index in [2.05, 4.69) is 25.5 Å². The first-order valence-electron chi connectivity index (χ1n) is 10.0. The summed E-state index contributed by atoms with van der Waals surface area (Å²) < 4.78 is 28.7. The van der Waals surface area contributed by atoms with Crippen molar-refractivity contribution in [1.82, 2.24) is 29.0 Å². The van der Waals surface area contributed by atoms with Crippen LogP contribution in [-0.4, -0.2) is 56.5 Å². The molecule has 0 atom stereocenters. The number of anilines is 1. The van der Waals surface area contributed by atoms with Crippen LogP contribution in [0.2, 0.25) is 0 Å². The number of aromatic nitrogens is 5. The summed E-state index contributed by atoms with van der Waals surface area (Å²) in [6, 6.07) is 3.73. The highest BCUT2D eigenvalue weighted by molar-refractivity contribution is 7.89. The lowest BCUT2D eigenvalue weighted by Gasteiger charge is -2.29. The van der Waals surface area contributed by atoms with Crippen LogP contribution in [0.15, 0.2) is 35.7 Å². The van der Waals surface area contributed by atoms with E-state index in [1.54, 1.807) is 30.9 Å². The maximum atomic E-state index is 12.8. The number of aromatic amines is 1. The van der Waals surface area contributed by atoms with Crippen LogP contribution in [-0.2, 0) is 21.9 Å². The van der Waals surface area contributed by atoms with E-state index in [0.717, 1.165) is 16.8 Å². The lowest BCUT2D eigenvalue weighted by atomic mass is 9.97. The molecule has 0 saturated carbocycles. The quantitative estimate of drug-likeness (QED) is 0.620. The summed E-state index contributed by atoms with van der Waals surface area (Å²) >= 11 is 0. The molecule has 4 rings (SSSR count). The van der Waals surface area contributed by atoms with E-state index in [1.807, 2.05) is 19.1 Å². The minimum Gasteiger partial charge on any atom is -0.337 e. The molecule has 0 bridgehead atoms. The van der Waals surface area contributed by atoms with Crippen molar-refractivity contribution in [3.63, 3.8) is 0 Å². The van der Waals surface area contributed by atoms with Crippen LogP contribution in [0.25, 0.3) is 11.3 Å². The maximum Gasteiger partial charge on any atom is 0.262 e. The number of hydrogen-bond donors (Lipinski definition) is 2. The minimum absolute atomic E-state index is 0.0474. The van der Waals surface area contributed by atoms with Crippen LogP contribution < -0.4 is 5.32 Å². The maximum absolute atomic E-state index is 12.8. The topological polar surface area (TPSA) is 126 Å². The van der Waals surface area contributed by atoms with Crippen molar-refractivity contribution < 1.29 is 13.2 Å². The van der Waals surface area contributed by atoms with Gasteiger partial charge in [-0.3, -0.25) is 14.9 Å². The molecule has 10 nitrogen and oxygen atoms in total. The molecule has 31 heavy (non-hydrogen) atoms. The van der Waals surface area contributed by atoms with E-state index < -0.39 is 10.0 Å². The van der Waals surface area contributed by atoms with Gasteiger partial charge in [-0.05, 0) is 38.8 Å². The first-order chi connectivity index (χ1) is 14.8. The average molecular weight is 444 g/mol. The number of amides is 1. The number of carbonyl (C=O) groups excluding carboxylic acids is 1. The molecule has 2 N–H and O–H groups in total. The van der Waals surface area contributed by atoms with Gasteiger partial charge in [-0.25, -0.2) is 13.4 Å². The molecule has 4 heterocycles. The third-order valence-electron chi connectivity index (χ3n) is 5.74. The highest BCUT2D eigenvalue weighted by atomic mass is 32.2. The number of imidazole rings is 1. The van der Waals surface area contributed by atoms with E-state index in [9.17, 15) is 13.2 Å². The zero-order valence-corrected chi connectivity index (χ0v) is 18.5. The first-order valence-corrected chi connectivity index (χ1v) is 11.5. The van der Waals surface area contributed by atoms with E-state index >= 15 is 0 Å². The van der Waals surface area contributed by atoms with Gasteiger partial charge >= 0.3 is 0 Å². The standard InChI is InChI=1S/C20H25N7O3S/c1-13-18(15-4-8-21-9-5-15)24-25-19(13)23-20(28)16-6-10-27(11-7-16)31(29,30)17-12-26(3)14(2)22-17/h4-5,8-9,12,16H,6-7,10-11H2,1-3H3,(H2,23,24,25,28). The number of piperidine rings is 1. The molecular formula is C20H25N7O3S. The van der Waals surface area contributed by atoms with Crippen molar-refractivity contribution in [2.45, 2.75) is 31.7 Å². The van der Waals surface area contributed by atoms with Gasteiger partial charge in [-0.15, -0.1) is 0 Å². The zero-order chi connectivity index (χ0) is 22.2. The van der Waals surface area contributed by atoms with Gasteiger partial charge in [0.05, 0.1) is 5.69 Å². The van der Waals surface area contributed by atoms with Gasteiger partial charge in [0.1, 0.15) is 5.82 Å². The molecule has 1 amide bonds. The Labute approximate surface area is 180 Å². The van der Waals surface area contributed by atoms with Gasteiger partial charge in [0.15, 0.2) is 10.8 Å². The van der Waals surface area contributed by atoms with Crippen molar-refractivity contribution >= 4 is 21.7 Å². The molecule has 0 radical (unpaired) electrons. The number of pyridine rings is 1. The number of carbonyl (C=O) groups is 1. The van der Waals surface area contributed by atoms with E-state index in [1.165, 1.54) is 10.5 Å². The monoisotopic (exact) mass is 443 g/mol. The fraction of sp³-hybridized carbons (Fsp3) is 0.400. The van der Waals surface area contributed by atoms with Crippen LogP contribution in [0.4, 0.5) is 5.82 Å². The molecule has 0 aromatic carbocycles. The summed E-state index contributed by atoms with van der Waals surface area (Å²) in [4.78, 5) is 20.9. The third kappa shape index (κ3) is 4.10. The summed E-state index contributed by atoms with van der Waals surface area (Å²) in [5.74, 6) is 0.683. The highest BCUT2D eigenvalue weighted by Crippen LogP contribution is 2.28. The zero-order valence-electron chi connectivity index (χ0n) is 17.7. The Morgan fingerprint density at radius 3 is 2.48 bits per heavy atom. The van der Waals surface area contributed by atoms with Gasteiger partial charge in [0, 0.05) is 55.8 Å². The lowest BCUT2D eigenvalue weighted by Crippen LogP contribution is -2.41. The third-order valence-corrected chi connectivity index (χ3v) is 7.51. The summed E-state index contributed by atoms with van der Waals surface area (Å²) in [6.45, 7) is 4.20. The number of hydrogen-bond acceptors (Lipinski definition) is 6. The molecule has 0 aliphatic carbocycles. The summed E-state index contributed by atoms with van der Waals surface area (Å²) in [5.41, 5.74) is 2.60. The number of aryl methyl sites for hydroxylation is 2. The lowest BCUT2D eigenvalue weighted by molar-refractivity contribution is -0.120. The Morgan fingerprint density at radius 1 is 1.19 bits per heavy atom. The number of nitrogens with zero attached hydrogens (tertiary/aromatic N) is 5. The second-order valence-electron chi connectivity index (χ2n) is 7.71. The van der Waals surface area contributed by atoms with Crippen LogP contribution >= 0.6 is 0 Å². The van der Waals surface area contributed by atoms with Crippen LogP contribution in [0, 0.1) is 19.8 Å².